The molecule has 3 aromatic rings. The third-order valence-corrected chi connectivity index (χ3v) is 3.50. The average molecular weight is 283 g/mol. The number of hydrogen-bond acceptors (Lipinski definition) is 5. The Balaban J connectivity index is 1.53. The van der Waals surface area contributed by atoms with Crippen LogP contribution in [-0.4, -0.2) is 44.0 Å². The lowest BCUT2D eigenvalue weighted by molar-refractivity contribution is 0.102. The van der Waals surface area contributed by atoms with Crippen LogP contribution in [-0.2, 0) is 0 Å². The molecule has 0 atom stereocenters. The second kappa shape index (κ2) is 4.67. The van der Waals surface area contributed by atoms with Gasteiger partial charge in [0, 0.05) is 13.1 Å². The highest BCUT2D eigenvalue weighted by atomic mass is 16.2. The maximum atomic E-state index is 12.1. The van der Waals surface area contributed by atoms with Gasteiger partial charge >= 0.3 is 0 Å². The van der Waals surface area contributed by atoms with Gasteiger partial charge in [-0.2, -0.15) is 0 Å². The SMILES string of the molecule is O=C(Nc1nc2ccccc2[nH]1)c1cn(C2CNC2)nn1. The first kappa shape index (κ1) is 12.0. The predicted octanol–water partition coefficient (Wildman–Crippen LogP) is 0.551. The first-order valence-electron chi connectivity index (χ1n) is 6.68. The molecule has 0 saturated carbocycles. The zero-order valence-corrected chi connectivity index (χ0v) is 11.1. The number of carbonyl (C=O) groups excluding carboxylic acids is 1. The van der Waals surface area contributed by atoms with Crippen LogP contribution >= 0.6 is 0 Å². The van der Waals surface area contributed by atoms with E-state index in [1.807, 2.05) is 24.3 Å². The minimum absolute atomic E-state index is 0.280. The van der Waals surface area contributed by atoms with Crippen LogP contribution in [0.4, 0.5) is 5.95 Å². The van der Waals surface area contributed by atoms with Gasteiger partial charge in [0.15, 0.2) is 5.69 Å². The molecule has 8 heteroatoms. The third-order valence-electron chi connectivity index (χ3n) is 3.50. The molecule has 1 amide bonds. The Bertz CT molecular complexity index is 769. The average Bonchev–Trinajstić information content (AvgIpc) is 3.02. The summed E-state index contributed by atoms with van der Waals surface area (Å²) >= 11 is 0. The van der Waals surface area contributed by atoms with Gasteiger partial charge in [0.25, 0.3) is 5.91 Å². The van der Waals surface area contributed by atoms with E-state index in [1.165, 1.54) is 0 Å². The minimum atomic E-state index is -0.326. The second-order valence-electron chi connectivity index (χ2n) is 4.95. The van der Waals surface area contributed by atoms with Gasteiger partial charge in [-0.1, -0.05) is 17.3 Å². The number of carbonyl (C=O) groups is 1. The van der Waals surface area contributed by atoms with Gasteiger partial charge < -0.3 is 10.3 Å². The van der Waals surface area contributed by atoms with Crippen molar-refractivity contribution in [2.24, 2.45) is 0 Å². The fraction of sp³-hybridized carbons (Fsp3) is 0.231. The Morgan fingerprint density at radius 1 is 1.33 bits per heavy atom. The number of nitrogens with zero attached hydrogens (tertiary/aromatic N) is 4. The lowest BCUT2D eigenvalue weighted by atomic mass is 10.2. The van der Waals surface area contributed by atoms with Crippen molar-refractivity contribution < 1.29 is 4.79 Å². The monoisotopic (exact) mass is 283 g/mol. The zero-order valence-electron chi connectivity index (χ0n) is 11.1. The summed E-state index contributed by atoms with van der Waals surface area (Å²) in [5.74, 6) is 0.0775. The molecule has 0 spiro atoms. The Morgan fingerprint density at radius 3 is 2.95 bits per heavy atom. The number of H-pyrrole nitrogens is 1. The number of nitrogens with one attached hydrogen (secondary N) is 3. The molecule has 0 radical (unpaired) electrons. The molecule has 0 unspecified atom stereocenters. The van der Waals surface area contributed by atoms with E-state index in [4.69, 9.17) is 0 Å². The number of benzene rings is 1. The molecule has 4 rings (SSSR count). The molecule has 1 aromatic carbocycles. The van der Waals surface area contributed by atoms with Crippen LogP contribution in [0.5, 0.6) is 0 Å². The molecule has 0 aliphatic carbocycles. The fourth-order valence-corrected chi connectivity index (χ4v) is 2.20. The summed E-state index contributed by atoms with van der Waals surface area (Å²) in [5.41, 5.74) is 1.95. The highest BCUT2D eigenvalue weighted by Crippen LogP contribution is 2.14. The molecule has 1 saturated heterocycles. The molecule has 1 aliphatic rings. The number of amides is 1. The number of imidazole rings is 1. The molecule has 1 fully saturated rings. The Hall–Kier alpha value is -2.74. The summed E-state index contributed by atoms with van der Waals surface area (Å²) < 4.78 is 1.71. The van der Waals surface area contributed by atoms with E-state index in [0.717, 1.165) is 24.1 Å². The number of para-hydroxylation sites is 2. The second-order valence-corrected chi connectivity index (χ2v) is 4.95. The standard InChI is InChI=1S/C13H13N7O/c21-12(11-7-20(19-18-11)8-5-14-6-8)17-13-15-9-3-1-2-4-10(9)16-13/h1-4,7-8,14H,5-6H2,(H2,15,16,17,21). The predicted molar refractivity (Wildman–Crippen MR) is 76.0 cm³/mol. The van der Waals surface area contributed by atoms with Crippen molar-refractivity contribution in [1.82, 2.24) is 30.3 Å². The lowest BCUT2D eigenvalue weighted by Gasteiger charge is -2.26. The Kier molecular flexibility index (Phi) is 2.68. The number of fused-ring (bicyclic) bond motifs is 1. The fourth-order valence-electron chi connectivity index (χ4n) is 2.20. The van der Waals surface area contributed by atoms with Crippen LogP contribution in [0.2, 0.25) is 0 Å². The van der Waals surface area contributed by atoms with Gasteiger partial charge in [-0.25, -0.2) is 9.67 Å². The molecule has 0 bridgehead atoms. The van der Waals surface area contributed by atoms with Crippen molar-refractivity contribution in [2.75, 3.05) is 18.4 Å². The number of rotatable bonds is 3. The molecule has 21 heavy (non-hydrogen) atoms. The summed E-state index contributed by atoms with van der Waals surface area (Å²) in [4.78, 5) is 19.5. The van der Waals surface area contributed by atoms with Crippen LogP contribution < -0.4 is 10.6 Å². The van der Waals surface area contributed by atoms with Crippen LogP contribution in [0.3, 0.4) is 0 Å². The summed E-state index contributed by atoms with van der Waals surface area (Å²) in [7, 11) is 0. The number of hydrogen-bond donors (Lipinski definition) is 3. The molecule has 2 aromatic heterocycles. The van der Waals surface area contributed by atoms with Crippen molar-refractivity contribution >= 4 is 22.9 Å². The summed E-state index contributed by atoms with van der Waals surface area (Å²) in [6.07, 6.45) is 1.66. The molecular weight excluding hydrogens is 270 g/mol. The Labute approximate surface area is 119 Å². The van der Waals surface area contributed by atoms with Gasteiger partial charge in [0.05, 0.1) is 23.3 Å². The molecule has 106 valence electrons. The van der Waals surface area contributed by atoms with Gasteiger partial charge in [-0.05, 0) is 12.1 Å². The Morgan fingerprint density at radius 2 is 2.19 bits per heavy atom. The molecule has 3 N–H and O–H groups in total. The highest BCUT2D eigenvalue weighted by Gasteiger charge is 2.22. The van der Waals surface area contributed by atoms with E-state index in [1.54, 1.807) is 10.9 Å². The first-order valence-corrected chi connectivity index (χ1v) is 6.68. The smallest absolute Gasteiger partial charge is 0.280 e. The molecule has 3 heterocycles. The van der Waals surface area contributed by atoms with Gasteiger partial charge in [-0.15, -0.1) is 5.10 Å². The minimum Gasteiger partial charge on any atom is -0.324 e. The summed E-state index contributed by atoms with van der Waals surface area (Å²) in [5, 5.41) is 13.7. The van der Waals surface area contributed by atoms with E-state index in [2.05, 4.69) is 30.9 Å². The first-order chi connectivity index (χ1) is 10.3. The number of aromatic nitrogens is 5. The van der Waals surface area contributed by atoms with Crippen molar-refractivity contribution in [3.63, 3.8) is 0 Å². The van der Waals surface area contributed by atoms with E-state index in [0.29, 0.717) is 5.95 Å². The topological polar surface area (TPSA) is 101 Å². The van der Waals surface area contributed by atoms with E-state index < -0.39 is 0 Å². The largest absolute Gasteiger partial charge is 0.324 e. The lowest BCUT2D eigenvalue weighted by Crippen LogP contribution is -2.43. The molecular formula is C13H13N7O. The summed E-state index contributed by atoms with van der Waals surface area (Å²) in [6, 6.07) is 7.86. The number of aromatic amines is 1. The van der Waals surface area contributed by atoms with Crippen LogP contribution in [0.25, 0.3) is 11.0 Å². The maximum absolute atomic E-state index is 12.1. The quantitative estimate of drug-likeness (QED) is 0.651. The molecule has 8 nitrogen and oxygen atoms in total. The van der Waals surface area contributed by atoms with Gasteiger partial charge in [0.2, 0.25) is 5.95 Å². The van der Waals surface area contributed by atoms with E-state index >= 15 is 0 Å². The zero-order chi connectivity index (χ0) is 14.2. The maximum Gasteiger partial charge on any atom is 0.280 e. The van der Waals surface area contributed by atoms with Gasteiger partial charge in [0.1, 0.15) is 0 Å². The summed E-state index contributed by atoms with van der Waals surface area (Å²) in [6.45, 7) is 1.71. The van der Waals surface area contributed by atoms with Crippen molar-refractivity contribution in [3.8, 4) is 0 Å². The normalized spacial score (nSPS) is 15.0. The van der Waals surface area contributed by atoms with Crippen molar-refractivity contribution in [2.45, 2.75) is 6.04 Å². The van der Waals surface area contributed by atoms with Gasteiger partial charge in [-0.3, -0.25) is 10.1 Å². The highest BCUT2D eigenvalue weighted by molar-refractivity contribution is 6.02. The van der Waals surface area contributed by atoms with E-state index in [-0.39, 0.29) is 17.6 Å². The van der Waals surface area contributed by atoms with Crippen molar-refractivity contribution in [1.29, 1.82) is 0 Å². The van der Waals surface area contributed by atoms with Crippen LogP contribution in [0.15, 0.2) is 30.5 Å². The van der Waals surface area contributed by atoms with Crippen molar-refractivity contribution in [3.05, 3.63) is 36.2 Å². The third kappa shape index (κ3) is 2.15. The van der Waals surface area contributed by atoms with E-state index in [9.17, 15) is 4.79 Å². The number of anilines is 1. The van der Waals surface area contributed by atoms with Crippen LogP contribution in [0, 0.1) is 0 Å². The molecule has 1 aliphatic heterocycles. The van der Waals surface area contributed by atoms with Crippen LogP contribution in [0.1, 0.15) is 16.5 Å².